The van der Waals surface area contributed by atoms with Gasteiger partial charge in [0, 0.05) is 23.9 Å². The summed E-state index contributed by atoms with van der Waals surface area (Å²) in [6.45, 7) is 4.97. The van der Waals surface area contributed by atoms with Gasteiger partial charge in [0.25, 0.3) is 0 Å². The molecule has 19 heavy (non-hydrogen) atoms. The van der Waals surface area contributed by atoms with Crippen LogP contribution in [0.3, 0.4) is 0 Å². The third-order valence-corrected chi connectivity index (χ3v) is 3.62. The fourth-order valence-electron chi connectivity index (χ4n) is 1.70. The lowest BCUT2D eigenvalue weighted by molar-refractivity contribution is 0.764. The van der Waals surface area contributed by atoms with Crippen molar-refractivity contribution in [1.82, 2.24) is 9.97 Å². The molecule has 5 nitrogen and oxygen atoms in total. The van der Waals surface area contributed by atoms with Crippen molar-refractivity contribution in [2.75, 3.05) is 17.4 Å². The Morgan fingerprint density at radius 1 is 1.42 bits per heavy atom. The smallest absolute Gasteiger partial charge is 0.145 e. The lowest BCUT2D eigenvalue weighted by Crippen LogP contribution is -2.20. The number of thiophene rings is 1. The van der Waals surface area contributed by atoms with Crippen LogP contribution in [0.4, 0.5) is 11.6 Å². The van der Waals surface area contributed by atoms with Crippen molar-refractivity contribution >= 4 is 23.0 Å². The fourth-order valence-corrected chi connectivity index (χ4v) is 2.45. The largest absolute Gasteiger partial charge is 0.354 e. The first-order valence-electron chi connectivity index (χ1n) is 6.19. The van der Waals surface area contributed by atoms with E-state index in [1.165, 1.54) is 4.88 Å². The molecule has 6 heteroatoms. The van der Waals surface area contributed by atoms with E-state index in [2.05, 4.69) is 51.7 Å². The molecule has 2 aromatic heterocycles. The Kier molecular flexibility index (Phi) is 4.34. The van der Waals surface area contributed by atoms with Crippen LogP contribution in [0.15, 0.2) is 23.6 Å². The first-order chi connectivity index (χ1) is 9.10. The van der Waals surface area contributed by atoms with E-state index in [1.54, 1.807) is 11.3 Å². The third-order valence-electron chi connectivity index (χ3n) is 2.76. The molecule has 0 aliphatic carbocycles. The van der Waals surface area contributed by atoms with E-state index in [9.17, 15) is 0 Å². The van der Waals surface area contributed by atoms with Crippen molar-refractivity contribution < 1.29 is 0 Å². The second-order valence-corrected chi connectivity index (χ2v) is 5.74. The molecule has 0 atom stereocenters. The minimum Gasteiger partial charge on any atom is -0.354 e. The van der Waals surface area contributed by atoms with Gasteiger partial charge in [-0.3, -0.25) is 0 Å². The van der Waals surface area contributed by atoms with Crippen LogP contribution in [0.25, 0.3) is 0 Å². The maximum Gasteiger partial charge on any atom is 0.145 e. The number of hydrogen-bond acceptors (Lipinski definition) is 6. The molecule has 0 bridgehead atoms. The summed E-state index contributed by atoms with van der Waals surface area (Å²) in [5, 5.41) is 2.08. The zero-order valence-corrected chi connectivity index (χ0v) is 12.2. The second kappa shape index (κ2) is 5.99. The molecule has 0 saturated heterocycles. The van der Waals surface area contributed by atoms with Crippen LogP contribution in [-0.2, 0) is 6.54 Å². The Labute approximate surface area is 117 Å². The average Bonchev–Trinajstić information content (AvgIpc) is 2.90. The number of hydrogen-bond donors (Lipinski definition) is 2. The minimum absolute atomic E-state index is 0.266. The van der Waals surface area contributed by atoms with Crippen LogP contribution in [-0.4, -0.2) is 17.0 Å². The van der Waals surface area contributed by atoms with Gasteiger partial charge in [-0.05, 0) is 11.4 Å². The zero-order valence-electron chi connectivity index (χ0n) is 11.4. The van der Waals surface area contributed by atoms with Gasteiger partial charge >= 0.3 is 0 Å². The van der Waals surface area contributed by atoms with E-state index in [1.807, 2.05) is 13.1 Å². The number of aromatic nitrogens is 2. The average molecular weight is 277 g/mol. The highest BCUT2D eigenvalue weighted by atomic mass is 32.1. The van der Waals surface area contributed by atoms with Gasteiger partial charge in [0.05, 0.1) is 6.54 Å². The molecule has 0 saturated carbocycles. The molecule has 0 aliphatic rings. The molecule has 3 N–H and O–H groups in total. The molecule has 102 valence electrons. The van der Waals surface area contributed by atoms with E-state index < -0.39 is 0 Å². The Hall–Kier alpha value is -1.66. The Bertz CT molecular complexity index is 524. The van der Waals surface area contributed by atoms with Gasteiger partial charge in [-0.25, -0.2) is 15.8 Å². The van der Waals surface area contributed by atoms with Gasteiger partial charge in [-0.15, -0.1) is 11.3 Å². The molecule has 0 unspecified atom stereocenters. The highest BCUT2D eigenvalue weighted by Gasteiger charge is 2.11. The number of nitrogens with one attached hydrogen (secondary N) is 1. The Morgan fingerprint density at radius 3 is 2.79 bits per heavy atom. The summed E-state index contributed by atoms with van der Waals surface area (Å²) in [5.74, 6) is 8.05. The van der Waals surface area contributed by atoms with Crippen molar-refractivity contribution in [3.63, 3.8) is 0 Å². The molecular weight excluding hydrogens is 258 g/mol. The Morgan fingerprint density at radius 2 is 2.21 bits per heavy atom. The van der Waals surface area contributed by atoms with Gasteiger partial charge in [0.2, 0.25) is 0 Å². The summed E-state index contributed by atoms with van der Waals surface area (Å²) in [7, 11) is 2.02. The molecule has 0 radical (unpaired) electrons. The molecule has 0 amide bonds. The molecule has 2 aromatic rings. The predicted molar refractivity (Wildman–Crippen MR) is 80.4 cm³/mol. The molecule has 0 spiro atoms. The van der Waals surface area contributed by atoms with Crippen LogP contribution in [0.2, 0.25) is 0 Å². The van der Waals surface area contributed by atoms with Crippen LogP contribution in [0.5, 0.6) is 0 Å². The van der Waals surface area contributed by atoms with E-state index in [-0.39, 0.29) is 5.92 Å². The van der Waals surface area contributed by atoms with Crippen molar-refractivity contribution in [2.24, 2.45) is 5.84 Å². The first kappa shape index (κ1) is 13.8. The van der Waals surface area contributed by atoms with Gasteiger partial charge in [0.15, 0.2) is 0 Å². The van der Waals surface area contributed by atoms with Crippen LogP contribution < -0.4 is 16.2 Å². The van der Waals surface area contributed by atoms with E-state index >= 15 is 0 Å². The van der Waals surface area contributed by atoms with Crippen LogP contribution in [0, 0.1) is 0 Å². The second-order valence-electron chi connectivity index (χ2n) is 4.70. The number of anilines is 2. The predicted octanol–water partition coefficient (Wildman–Crippen LogP) is 2.58. The molecule has 0 aromatic carbocycles. The Balaban J connectivity index is 2.24. The SMILES string of the molecule is CC(C)c1nc(NN)cc(N(C)Cc2cccs2)n1. The van der Waals surface area contributed by atoms with E-state index in [0.29, 0.717) is 5.82 Å². The van der Waals surface area contributed by atoms with Gasteiger partial charge in [-0.2, -0.15) is 0 Å². The fraction of sp³-hybridized carbons (Fsp3) is 0.385. The van der Waals surface area contributed by atoms with Crippen molar-refractivity contribution in [1.29, 1.82) is 0 Å². The lowest BCUT2D eigenvalue weighted by Gasteiger charge is -2.19. The number of nitrogens with zero attached hydrogens (tertiary/aromatic N) is 3. The number of rotatable bonds is 5. The minimum atomic E-state index is 0.266. The molecule has 0 aliphatic heterocycles. The summed E-state index contributed by atoms with van der Waals surface area (Å²) in [6, 6.07) is 6.04. The maximum atomic E-state index is 5.47. The van der Waals surface area contributed by atoms with Gasteiger partial charge in [-0.1, -0.05) is 19.9 Å². The van der Waals surface area contributed by atoms with Crippen LogP contribution >= 0.6 is 11.3 Å². The molecule has 2 rings (SSSR count). The molecule has 2 heterocycles. The number of hydrazine groups is 1. The molecular formula is C13H19N5S. The van der Waals surface area contributed by atoms with Crippen molar-refractivity contribution in [3.8, 4) is 0 Å². The van der Waals surface area contributed by atoms with Gasteiger partial charge in [0.1, 0.15) is 17.5 Å². The van der Waals surface area contributed by atoms with Gasteiger partial charge < -0.3 is 10.3 Å². The number of nitrogens with two attached hydrogens (primary N) is 1. The summed E-state index contributed by atoms with van der Waals surface area (Å²) in [4.78, 5) is 12.3. The lowest BCUT2D eigenvalue weighted by atomic mass is 10.2. The quantitative estimate of drug-likeness (QED) is 0.649. The highest BCUT2D eigenvalue weighted by molar-refractivity contribution is 7.09. The summed E-state index contributed by atoms with van der Waals surface area (Å²) < 4.78 is 0. The normalized spacial score (nSPS) is 10.8. The maximum absolute atomic E-state index is 5.47. The van der Waals surface area contributed by atoms with E-state index in [0.717, 1.165) is 18.2 Å². The summed E-state index contributed by atoms with van der Waals surface area (Å²) >= 11 is 1.74. The summed E-state index contributed by atoms with van der Waals surface area (Å²) in [5.41, 5.74) is 2.60. The standard InChI is InChI=1S/C13H19N5S/c1-9(2)13-15-11(17-14)7-12(16-13)18(3)8-10-5-4-6-19-10/h4-7,9H,8,14H2,1-3H3,(H,15,16,17). The highest BCUT2D eigenvalue weighted by Crippen LogP contribution is 2.21. The molecule has 0 fully saturated rings. The zero-order chi connectivity index (χ0) is 13.8. The van der Waals surface area contributed by atoms with E-state index in [4.69, 9.17) is 5.84 Å². The third kappa shape index (κ3) is 3.42. The monoisotopic (exact) mass is 277 g/mol. The number of nitrogen functional groups attached to an aromatic ring is 1. The van der Waals surface area contributed by atoms with Crippen molar-refractivity contribution in [3.05, 3.63) is 34.3 Å². The summed E-state index contributed by atoms with van der Waals surface area (Å²) in [6.07, 6.45) is 0. The topological polar surface area (TPSA) is 67.1 Å². The van der Waals surface area contributed by atoms with Crippen LogP contribution in [0.1, 0.15) is 30.5 Å². The first-order valence-corrected chi connectivity index (χ1v) is 7.07. The van der Waals surface area contributed by atoms with Crippen molar-refractivity contribution in [2.45, 2.75) is 26.3 Å².